The Morgan fingerprint density at radius 3 is 2.00 bits per heavy atom. The first kappa shape index (κ1) is 25.9. The minimum Gasteiger partial charge on any atom is -0.303 e. The highest BCUT2D eigenvalue weighted by molar-refractivity contribution is 8.18. The minimum absolute atomic E-state index is 0.214. The summed E-state index contributed by atoms with van der Waals surface area (Å²) in [5.41, 5.74) is 2.51. The van der Waals surface area contributed by atoms with Gasteiger partial charge >= 0.3 is 0 Å². The standard InChI is InChI=1S/C28H24N4O4S2/c1-30(13-15-31-25(33)23(37-27(31)35)17-19-7-3-2-4-8-19)14-16-32-26(34)24(38-28(32)36)18-20-11-12-29-22-10-6-5-9-21(20)22/h2-12,17-18H,13-16H2,1H3. The van der Waals surface area contributed by atoms with E-state index in [2.05, 4.69) is 4.98 Å². The first-order chi connectivity index (χ1) is 18.4. The second-order valence-electron chi connectivity index (χ2n) is 8.80. The Morgan fingerprint density at radius 1 is 0.763 bits per heavy atom. The molecule has 3 aromatic rings. The van der Waals surface area contributed by atoms with E-state index in [1.807, 2.05) is 72.6 Å². The van der Waals surface area contributed by atoms with Crippen molar-refractivity contribution in [1.29, 1.82) is 0 Å². The number of para-hydroxylation sites is 1. The summed E-state index contributed by atoms with van der Waals surface area (Å²) in [5, 5.41) is 0.294. The summed E-state index contributed by atoms with van der Waals surface area (Å²) in [5.74, 6) is -0.636. The molecule has 38 heavy (non-hydrogen) atoms. The molecule has 2 aliphatic rings. The maximum absolute atomic E-state index is 13.0. The Bertz CT molecular complexity index is 1480. The second kappa shape index (κ2) is 11.3. The lowest BCUT2D eigenvalue weighted by Gasteiger charge is -2.22. The van der Waals surface area contributed by atoms with Gasteiger partial charge in [-0.25, -0.2) is 0 Å². The van der Waals surface area contributed by atoms with Crippen LogP contribution in [-0.4, -0.2) is 75.2 Å². The Hall–Kier alpha value is -3.73. The number of aromatic nitrogens is 1. The van der Waals surface area contributed by atoms with Crippen LogP contribution in [0.15, 0.2) is 76.7 Å². The van der Waals surface area contributed by atoms with E-state index in [1.165, 1.54) is 9.80 Å². The fourth-order valence-electron chi connectivity index (χ4n) is 4.12. The third-order valence-electron chi connectivity index (χ3n) is 6.22. The number of carbonyl (C=O) groups is 4. The number of pyridine rings is 1. The zero-order chi connectivity index (χ0) is 26.6. The summed E-state index contributed by atoms with van der Waals surface area (Å²) in [7, 11) is 1.83. The lowest BCUT2D eigenvalue weighted by atomic mass is 10.1. The third-order valence-corrected chi connectivity index (χ3v) is 8.04. The predicted octanol–water partition coefficient (Wildman–Crippen LogP) is 4.94. The number of thioether (sulfide) groups is 2. The molecule has 0 spiro atoms. The molecule has 0 atom stereocenters. The molecule has 0 bridgehead atoms. The van der Waals surface area contributed by atoms with Crippen LogP contribution >= 0.6 is 23.5 Å². The van der Waals surface area contributed by atoms with Gasteiger partial charge in [0.25, 0.3) is 22.3 Å². The Balaban J connectivity index is 1.16. The topological polar surface area (TPSA) is 90.9 Å². The van der Waals surface area contributed by atoms with Gasteiger partial charge in [-0.1, -0.05) is 48.5 Å². The zero-order valence-electron chi connectivity index (χ0n) is 20.6. The quantitative estimate of drug-likeness (QED) is 0.369. The first-order valence-corrected chi connectivity index (χ1v) is 13.6. The number of likely N-dealkylation sites (N-methyl/N-ethyl adjacent to an activating group) is 1. The maximum atomic E-state index is 13.0. The number of carbonyl (C=O) groups excluding carboxylic acids is 4. The molecular weight excluding hydrogens is 520 g/mol. The lowest BCUT2D eigenvalue weighted by Crippen LogP contribution is -2.40. The van der Waals surface area contributed by atoms with E-state index in [-0.39, 0.29) is 35.4 Å². The van der Waals surface area contributed by atoms with Crippen LogP contribution in [0.3, 0.4) is 0 Å². The fourth-order valence-corrected chi connectivity index (χ4v) is 5.85. The summed E-state index contributed by atoms with van der Waals surface area (Å²) in [6, 6.07) is 18.9. The van der Waals surface area contributed by atoms with Gasteiger partial charge in [0, 0.05) is 37.8 Å². The lowest BCUT2D eigenvalue weighted by molar-refractivity contribution is -0.123. The summed E-state index contributed by atoms with van der Waals surface area (Å²) >= 11 is 1.86. The van der Waals surface area contributed by atoms with Gasteiger partial charge in [-0.05, 0) is 66.0 Å². The van der Waals surface area contributed by atoms with Crippen LogP contribution in [0.25, 0.3) is 23.1 Å². The fraction of sp³-hybridized carbons (Fsp3) is 0.179. The van der Waals surface area contributed by atoms with Crippen molar-refractivity contribution >= 4 is 68.9 Å². The molecule has 2 aromatic carbocycles. The van der Waals surface area contributed by atoms with Crippen LogP contribution in [0, 0.1) is 0 Å². The van der Waals surface area contributed by atoms with E-state index >= 15 is 0 Å². The molecule has 0 N–H and O–H groups in total. The predicted molar refractivity (Wildman–Crippen MR) is 151 cm³/mol. The van der Waals surface area contributed by atoms with Crippen LogP contribution in [0.4, 0.5) is 9.59 Å². The van der Waals surface area contributed by atoms with Crippen molar-refractivity contribution in [2.75, 3.05) is 33.2 Å². The van der Waals surface area contributed by atoms with E-state index in [0.717, 1.165) is 45.6 Å². The normalized spacial score (nSPS) is 18.3. The Labute approximate surface area is 228 Å². The smallest absolute Gasteiger partial charge is 0.293 e. The molecule has 0 aliphatic carbocycles. The minimum atomic E-state index is -0.328. The summed E-state index contributed by atoms with van der Waals surface area (Å²) in [6.45, 7) is 1.28. The third kappa shape index (κ3) is 5.57. The van der Waals surface area contributed by atoms with Crippen molar-refractivity contribution in [1.82, 2.24) is 19.7 Å². The molecule has 0 radical (unpaired) electrons. The second-order valence-corrected chi connectivity index (χ2v) is 10.8. The molecule has 10 heteroatoms. The number of imide groups is 2. The van der Waals surface area contributed by atoms with Gasteiger partial charge in [0.05, 0.1) is 15.3 Å². The average Bonchev–Trinajstić information content (AvgIpc) is 3.34. The average molecular weight is 545 g/mol. The molecule has 2 aliphatic heterocycles. The van der Waals surface area contributed by atoms with Gasteiger partial charge in [0.15, 0.2) is 0 Å². The molecule has 2 fully saturated rings. The Kier molecular flexibility index (Phi) is 7.73. The molecule has 2 saturated heterocycles. The van der Waals surface area contributed by atoms with Gasteiger partial charge in [-0.2, -0.15) is 0 Å². The monoisotopic (exact) mass is 544 g/mol. The maximum Gasteiger partial charge on any atom is 0.293 e. The molecule has 5 rings (SSSR count). The molecular formula is C28H24N4O4S2. The number of hydrogen-bond acceptors (Lipinski definition) is 8. The van der Waals surface area contributed by atoms with Crippen molar-refractivity contribution in [2.24, 2.45) is 0 Å². The highest BCUT2D eigenvalue weighted by atomic mass is 32.2. The summed E-state index contributed by atoms with van der Waals surface area (Å²) in [6.07, 6.45) is 5.14. The van der Waals surface area contributed by atoms with Crippen molar-refractivity contribution in [3.63, 3.8) is 0 Å². The number of rotatable bonds is 8. The van der Waals surface area contributed by atoms with Gasteiger partial charge in [0.2, 0.25) is 0 Å². The highest BCUT2D eigenvalue weighted by Gasteiger charge is 2.36. The van der Waals surface area contributed by atoms with Crippen LogP contribution in [-0.2, 0) is 9.59 Å². The van der Waals surface area contributed by atoms with Crippen molar-refractivity contribution in [3.8, 4) is 0 Å². The molecule has 0 unspecified atom stereocenters. The number of fused-ring (bicyclic) bond motifs is 1. The van der Waals surface area contributed by atoms with Crippen LogP contribution < -0.4 is 0 Å². The van der Waals surface area contributed by atoms with E-state index < -0.39 is 0 Å². The zero-order valence-corrected chi connectivity index (χ0v) is 22.2. The molecule has 0 saturated carbocycles. The van der Waals surface area contributed by atoms with Crippen molar-refractivity contribution in [2.45, 2.75) is 0 Å². The van der Waals surface area contributed by atoms with E-state index in [0.29, 0.717) is 22.9 Å². The number of benzene rings is 2. The summed E-state index contributed by atoms with van der Waals surface area (Å²) in [4.78, 5) is 60.2. The molecule has 1 aromatic heterocycles. The van der Waals surface area contributed by atoms with E-state index in [4.69, 9.17) is 0 Å². The number of nitrogens with zero attached hydrogens (tertiary/aromatic N) is 4. The van der Waals surface area contributed by atoms with Crippen LogP contribution in [0.1, 0.15) is 11.1 Å². The molecule has 192 valence electrons. The first-order valence-electron chi connectivity index (χ1n) is 12.0. The largest absolute Gasteiger partial charge is 0.303 e. The summed E-state index contributed by atoms with van der Waals surface area (Å²) < 4.78 is 0. The molecule has 3 heterocycles. The van der Waals surface area contributed by atoms with Gasteiger partial charge in [0.1, 0.15) is 0 Å². The molecule has 8 nitrogen and oxygen atoms in total. The highest BCUT2D eigenvalue weighted by Crippen LogP contribution is 2.34. The van der Waals surface area contributed by atoms with Crippen LogP contribution in [0.2, 0.25) is 0 Å². The van der Waals surface area contributed by atoms with E-state index in [1.54, 1.807) is 18.3 Å². The van der Waals surface area contributed by atoms with Crippen molar-refractivity contribution in [3.05, 3.63) is 87.8 Å². The molecule has 4 amide bonds. The number of hydrogen-bond donors (Lipinski definition) is 0. The van der Waals surface area contributed by atoms with Crippen LogP contribution in [0.5, 0.6) is 0 Å². The number of amides is 4. The SMILES string of the molecule is CN(CCN1C(=O)SC(=Cc2ccccc2)C1=O)CCN1C(=O)SC(=Cc2ccnc3ccccc23)C1=O. The van der Waals surface area contributed by atoms with Gasteiger partial charge < -0.3 is 4.90 Å². The Morgan fingerprint density at radius 2 is 1.34 bits per heavy atom. The van der Waals surface area contributed by atoms with E-state index in [9.17, 15) is 19.2 Å². The van der Waals surface area contributed by atoms with Gasteiger partial charge in [-0.3, -0.25) is 34.0 Å². The van der Waals surface area contributed by atoms with Crippen molar-refractivity contribution < 1.29 is 19.2 Å². The van der Waals surface area contributed by atoms with Gasteiger partial charge in [-0.15, -0.1) is 0 Å².